The number of imide groups is 1. The van der Waals surface area contributed by atoms with Gasteiger partial charge in [-0.05, 0) is 66.1 Å². The molecule has 1 aliphatic heterocycles. The Kier molecular flexibility index (Phi) is 5.04. The quantitative estimate of drug-likeness (QED) is 0.563. The highest BCUT2D eigenvalue weighted by Gasteiger charge is 2.55. The Morgan fingerprint density at radius 3 is 2.56 bits per heavy atom. The molecule has 1 spiro atoms. The van der Waals surface area contributed by atoms with E-state index < -0.39 is 5.54 Å². The number of nitrogens with one attached hydrogen (secondary N) is 1. The molecule has 1 aromatic rings. The molecule has 0 radical (unpaired) electrons. The number of hydrogen-bond donors (Lipinski definition) is 1. The molecular weight excluding hydrogens is 433 g/mol. The minimum atomic E-state index is -0.742. The maximum absolute atomic E-state index is 12.9. The average molecular weight is 455 g/mol. The highest BCUT2D eigenvalue weighted by Crippen LogP contribution is 2.39. The minimum absolute atomic E-state index is 0.228. The molecule has 1 saturated carbocycles. The van der Waals surface area contributed by atoms with Gasteiger partial charge in [-0.1, -0.05) is 19.3 Å². The number of aryl methyl sites for hydroxylation is 1. The van der Waals surface area contributed by atoms with Crippen LogP contribution in [0.5, 0.6) is 0 Å². The van der Waals surface area contributed by atoms with Gasteiger partial charge in [0.2, 0.25) is 5.91 Å². The Morgan fingerprint density at radius 2 is 1.92 bits per heavy atom. The minimum Gasteiger partial charge on any atom is -0.324 e. The van der Waals surface area contributed by atoms with Crippen molar-refractivity contribution in [2.75, 3.05) is 18.9 Å². The third kappa shape index (κ3) is 3.26. The van der Waals surface area contributed by atoms with E-state index in [-0.39, 0.29) is 24.4 Å². The average Bonchev–Trinajstić information content (AvgIpc) is 2.75. The van der Waals surface area contributed by atoms with Gasteiger partial charge in [0.05, 0.1) is 0 Å². The van der Waals surface area contributed by atoms with Crippen LogP contribution in [0, 0.1) is 10.5 Å². The Morgan fingerprint density at radius 1 is 1.24 bits per heavy atom. The van der Waals surface area contributed by atoms with Crippen molar-refractivity contribution in [3.8, 4) is 0 Å². The fraction of sp³-hybridized carbons (Fsp3) is 0.500. The molecule has 1 N–H and O–H groups in total. The van der Waals surface area contributed by atoms with E-state index in [0.29, 0.717) is 18.5 Å². The van der Waals surface area contributed by atoms with Crippen molar-refractivity contribution in [2.24, 2.45) is 0 Å². The summed E-state index contributed by atoms with van der Waals surface area (Å²) in [6.45, 7) is 1.67. The van der Waals surface area contributed by atoms with Crippen LogP contribution in [0.1, 0.15) is 37.7 Å². The summed E-state index contributed by atoms with van der Waals surface area (Å²) in [4.78, 5) is 40.5. The summed E-state index contributed by atoms with van der Waals surface area (Å²) < 4.78 is 1.08. The highest BCUT2D eigenvalue weighted by atomic mass is 127. The van der Waals surface area contributed by atoms with Gasteiger partial charge in [0, 0.05) is 16.3 Å². The van der Waals surface area contributed by atoms with Crippen LogP contribution < -0.4 is 5.32 Å². The normalized spacial score (nSPS) is 19.6. The topological polar surface area (TPSA) is 69.7 Å². The molecule has 1 aromatic carbocycles. The molecule has 1 aliphatic carbocycles. The zero-order valence-electron chi connectivity index (χ0n) is 14.5. The number of nitrogens with zero attached hydrogens (tertiary/aromatic N) is 2. The summed E-state index contributed by atoms with van der Waals surface area (Å²) in [6.07, 6.45) is 4.32. The maximum Gasteiger partial charge on any atom is 0.327 e. The van der Waals surface area contributed by atoms with Crippen LogP contribution in [-0.2, 0) is 9.59 Å². The lowest BCUT2D eigenvalue weighted by molar-refractivity contribution is -0.136. The molecule has 2 aliphatic rings. The van der Waals surface area contributed by atoms with E-state index in [1.807, 2.05) is 25.1 Å². The van der Waals surface area contributed by atoms with Gasteiger partial charge in [-0.3, -0.25) is 14.5 Å². The second kappa shape index (κ2) is 6.93. The largest absolute Gasteiger partial charge is 0.327 e. The molecule has 25 heavy (non-hydrogen) atoms. The first kappa shape index (κ1) is 18.2. The molecule has 0 aromatic heterocycles. The van der Waals surface area contributed by atoms with Crippen molar-refractivity contribution < 1.29 is 14.4 Å². The number of anilines is 1. The van der Waals surface area contributed by atoms with Gasteiger partial charge in [0.25, 0.3) is 5.91 Å². The van der Waals surface area contributed by atoms with E-state index in [9.17, 15) is 14.4 Å². The zero-order valence-corrected chi connectivity index (χ0v) is 16.6. The van der Waals surface area contributed by atoms with Gasteiger partial charge in [0.15, 0.2) is 0 Å². The molecule has 1 heterocycles. The smallest absolute Gasteiger partial charge is 0.324 e. The number of carbonyl (C=O) groups excluding carboxylic acids is 3. The summed E-state index contributed by atoms with van der Waals surface area (Å²) in [5.74, 6) is -0.582. The van der Waals surface area contributed by atoms with Gasteiger partial charge in [-0.2, -0.15) is 0 Å². The fourth-order valence-corrected chi connectivity index (χ4v) is 4.42. The molecule has 0 unspecified atom stereocenters. The second-order valence-corrected chi connectivity index (χ2v) is 8.08. The Balaban J connectivity index is 1.72. The lowest BCUT2D eigenvalue weighted by Crippen LogP contribution is -2.49. The fourth-order valence-electron chi connectivity index (χ4n) is 3.77. The van der Waals surface area contributed by atoms with Gasteiger partial charge < -0.3 is 10.2 Å². The van der Waals surface area contributed by atoms with Crippen molar-refractivity contribution >= 4 is 46.1 Å². The summed E-state index contributed by atoms with van der Waals surface area (Å²) >= 11 is 2.21. The van der Waals surface area contributed by atoms with Crippen molar-refractivity contribution in [2.45, 2.75) is 44.6 Å². The molecule has 2 fully saturated rings. The summed E-state index contributed by atoms with van der Waals surface area (Å²) in [5, 5.41) is 2.80. The van der Waals surface area contributed by atoms with Crippen LogP contribution in [0.3, 0.4) is 0 Å². The third-order valence-electron chi connectivity index (χ3n) is 5.25. The predicted molar refractivity (Wildman–Crippen MR) is 103 cm³/mol. The lowest BCUT2D eigenvalue weighted by atomic mass is 9.81. The molecule has 0 atom stereocenters. The summed E-state index contributed by atoms with van der Waals surface area (Å²) in [6, 6.07) is 5.33. The first-order valence-electron chi connectivity index (χ1n) is 8.51. The van der Waals surface area contributed by atoms with E-state index in [0.717, 1.165) is 33.3 Å². The van der Waals surface area contributed by atoms with Gasteiger partial charge in [-0.15, -0.1) is 0 Å². The zero-order chi connectivity index (χ0) is 18.2. The van der Waals surface area contributed by atoms with Crippen LogP contribution in [0.25, 0.3) is 0 Å². The van der Waals surface area contributed by atoms with Gasteiger partial charge in [-0.25, -0.2) is 4.79 Å². The van der Waals surface area contributed by atoms with Gasteiger partial charge in [0.1, 0.15) is 12.1 Å². The number of likely N-dealkylation sites (N-methyl/N-ethyl adjacent to an activating group) is 1. The second-order valence-electron chi connectivity index (χ2n) is 6.83. The molecule has 0 bridgehead atoms. The number of carbonyl (C=O) groups is 3. The first-order valence-corrected chi connectivity index (χ1v) is 9.59. The van der Waals surface area contributed by atoms with E-state index in [2.05, 4.69) is 27.9 Å². The van der Waals surface area contributed by atoms with E-state index in [1.165, 1.54) is 4.90 Å². The SMILES string of the molecule is Cc1cc(I)ccc1NC(=O)CN1C(=O)N(C)C2(CCCCC2)C1=O. The lowest BCUT2D eigenvalue weighted by Gasteiger charge is -2.35. The third-order valence-corrected chi connectivity index (χ3v) is 5.92. The van der Waals surface area contributed by atoms with Crippen LogP contribution >= 0.6 is 22.6 Å². The maximum atomic E-state index is 12.9. The molecule has 6 nitrogen and oxygen atoms in total. The van der Waals surface area contributed by atoms with E-state index in [4.69, 9.17) is 0 Å². The van der Waals surface area contributed by atoms with Crippen molar-refractivity contribution in [3.63, 3.8) is 0 Å². The number of hydrogen-bond acceptors (Lipinski definition) is 3. The Hall–Kier alpha value is -1.64. The highest BCUT2D eigenvalue weighted by molar-refractivity contribution is 14.1. The predicted octanol–water partition coefficient (Wildman–Crippen LogP) is 3.14. The van der Waals surface area contributed by atoms with Crippen molar-refractivity contribution in [1.29, 1.82) is 0 Å². The Labute approximate surface area is 161 Å². The molecule has 4 amide bonds. The number of rotatable bonds is 3. The van der Waals surface area contributed by atoms with Crippen molar-refractivity contribution in [3.05, 3.63) is 27.3 Å². The van der Waals surface area contributed by atoms with E-state index >= 15 is 0 Å². The van der Waals surface area contributed by atoms with Gasteiger partial charge >= 0.3 is 6.03 Å². The number of halogens is 1. The number of benzene rings is 1. The summed E-state index contributed by atoms with van der Waals surface area (Å²) in [7, 11) is 1.67. The number of amides is 4. The molecule has 3 rings (SSSR count). The van der Waals surface area contributed by atoms with Crippen molar-refractivity contribution in [1.82, 2.24) is 9.80 Å². The number of urea groups is 1. The standard InChI is InChI=1S/C18H22IN3O3/c1-12-10-13(19)6-7-14(12)20-15(23)11-22-16(24)18(21(2)17(22)25)8-4-3-5-9-18/h6-7,10H,3-5,8-9,11H2,1-2H3,(H,20,23). The first-order chi connectivity index (χ1) is 11.8. The molecular formula is C18H22IN3O3. The monoisotopic (exact) mass is 455 g/mol. The molecule has 134 valence electrons. The van der Waals surface area contributed by atoms with Crippen LogP contribution in [0.15, 0.2) is 18.2 Å². The Bertz CT molecular complexity index is 728. The molecule has 7 heteroatoms. The van der Waals surface area contributed by atoms with Crippen LogP contribution in [-0.4, -0.2) is 46.8 Å². The van der Waals surface area contributed by atoms with E-state index in [1.54, 1.807) is 7.05 Å². The van der Waals surface area contributed by atoms with Crippen LogP contribution in [0.4, 0.5) is 10.5 Å². The molecule has 1 saturated heterocycles. The summed E-state index contributed by atoms with van der Waals surface area (Å²) in [5.41, 5.74) is 0.902. The van der Waals surface area contributed by atoms with Crippen LogP contribution in [0.2, 0.25) is 0 Å².